The molecule has 2 atom stereocenters. The molecule has 2 fully saturated rings. The molecule has 2 aromatic rings. The molecule has 3 N–H and O–H groups in total. The predicted octanol–water partition coefficient (Wildman–Crippen LogP) is 3.03. The van der Waals surface area contributed by atoms with E-state index in [0.29, 0.717) is 25.5 Å². The van der Waals surface area contributed by atoms with Crippen molar-refractivity contribution in [1.29, 1.82) is 0 Å². The van der Waals surface area contributed by atoms with Gasteiger partial charge in [0.05, 0.1) is 18.7 Å². The summed E-state index contributed by atoms with van der Waals surface area (Å²) in [4.78, 5) is 26.7. The summed E-state index contributed by atoms with van der Waals surface area (Å²) in [6.07, 6.45) is 2.26. The van der Waals surface area contributed by atoms with Crippen LogP contribution in [-0.4, -0.2) is 72.1 Å². The second kappa shape index (κ2) is 12.0. The molecule has 190 valence electrons. The number of likely N-dealkylation sites (tertiary alicyclic amines) is 1. The van der Waals surface area contributed by atoms with Crippen LogP contribution in [0.2, 0.25) is 0 Å². The summed E-state index contributed by atoms with van der Waals surface area (Å²) < 4.78 is 16.9. The zero-order valence-electron chi connectivity index (χ0n) is 20.4. The van der Waals surface area contributed by atoms with Gasteiger partial charge in [0.2, 0.25) is 5.91 Å². The number of carbonyl (C=O) groups is 2. The first-order chi connectivity index (χ1) is 16.9. The highest BCUT2D eigenvalue weighted by Gasteiger charge is 2.31. The van der Waals surface area contributed by atoms with Crippen molar-refractivity contribution in [2.24, 2.45) is 0 Å². The van der Waals surface area contributed by atoms with Crippen molar-refractivity contribution < 1.29 is 23.8 Å². The highest BCUT2D eigenvalue weighted by molar-refractivity contribution is 5.91. The molecule has 1 aromatic heterocycles. The van der Waals surface area contributed by atoms with Gasteiger partial charge in [0.25, 0.3) is 0 Å². The van der Waals surface area contributed by atoms with Crippen LogP contribution in [0, 0.1) is 0 Å². The number of carbonyl (C=O) groups excluding carboxylic acids is 2. The number of aromatic nitrogens is 2. The minimum Gasteiger partial charge on any atom is -0.492 e. The van der Waals surface area contributed by atoms with E-state index in [9.17, 15) is 9.59 Å². The third kappa shape index (κ3) is 7.69. The molecule has 2 amide bonds. The summed E-state index contributed by atoms with van der Waals surface area (Å²) in [6.45, 7) is 8.00. The lowest BCUT2D eigenvalue weighted by Gasteiger charge is -2.15. The average Bonchev–Trinajstić information content (AvgIpc) is 3.57. The number of amides is 2. The number of nitrogens with zero attached hydrogens (tertiary/aromatic N) is 2. The quantitative estimate of drug-likeness (QED) is 0.473. The van der Waals surface area contributed by atoms with E-state index in [2.05, 4.69) is 25.7 Å². The normalized spacial score (nSPS) is 20.2. The molecule has 2 aliphatic rings. The van der Waals surface area contributed by atoms with E-state index in [1.165, 1.54) is 12.8 Å². The summed E-state index contributed by atoms with van der Waals surface area (Å²) in [5, 5.41) is 12.6. The predicted molar refractivity (Wildman–Crippen MR) is 130 cm³/mol. The Labute approximate surface area is 205 Å². The first kappa shape index (κ1) is 25.0. The Kier molecular flexibility index (Phi) is 8.59. The SMILES string of the molecule is CC(C)NC(=O)O[C@H]1CO[C@@H](c2cc(NC(=O)Cc3ccc(OCCN4CCCC4)cc3)n[nH]2)C1. The Balaban J connectivity index is 1.19. The highest BCUT2D eigenvalue weighted by atomic mass is 16.6. The molecule has 10 nitrogen and oxygen atoms in total. The number of ether oxygens (including phenoxy) is 3. The van der Waals surface area contributed by atoms with Gasteiger partial charge >= 0.3 is 6.09 Å². The van der Waals surface area contributed by atoms with Gasteiger partial charge in [-0.25, -0.2) is 4.79 Å². The van der Waals surface area contributed by atoms with Crippen molar-refractivity contribution in [3.63, 3.8) is 0 Å². The smallest absolute Gasteiger partial charge is 0.407 e. The van der Waals surface area contributed by atoms with Gasteiger partial charge in [0.1, 0.15) is 24.6 Å². The Bertz CT molecular complexity index is 971. The van der Waals surface area contributed by atoms with Crippen LogP contribution in [0.25, 0.3) is 0 Å². The summed E-state index contributed by atoms with van der Waals surface area (Å²) in [5.74, 6) is 1.08. The molecule has 0 radical (unpaired) electrons. The van der Waals surface area contributed by atoms with Gasteiger partial charge in [-0.2, -0.15) is 5.10 Å². The largest absolute Gasteiger partial charge is 0.492 e. The van der Waals surface area contributed by atoms with E-state index in [-0.39, 0.29) is 30.6 Å². The maximum Gasteiger partial charge on any atom is 0.407 e. The fourth-order valence-electron chi connectivity index (χ4n) is 4.26. The number of rotatable bonds is 10. The number of aromatic amines is 1. The van der Waals surface area contributed by atoms with Crippen molar-refractivity contribution in [3.05, 3.63) is 41.6 Å². The lowest BCUT2D eigenvalue weighted by Crippen LogP contribution is -2.33. The third-order valence-electron chi connectivity index (χ3n) is 6.02. The van der Waals surface area contributed by atoms with Crippen LogP contribution >= 0.6 is 0 Å². The van der Waals surface area contributed by atoms with E-state index in [1.54, 1.807) is 6.07 Å². The topological polar surface area (TPSA) is 118 Å². The van der Waals surface area contributed by atoms with Crippen molar-refractivity contribution in [2.75, 3.05) is 38.2 Å². The Hall–Kier alpha value is -3.11. The van der Waals surface area contributed by atoms with E-state index < -0.39 is 6.09 Å². The highest BCUT2D eigenvalue weighted by Crippen LogP contribution is 2.30. The minimum absolute atomic E-state index is 0.00954. The molecule has 0 spiro atoms. The van der Waals surface area contributed by atoms with Gasteiger partial charge in [-0.3, -0.25) is 14.8 Å². The number of H-pyrrole nitrogens is 1. The van der Waals surface area contributed by atoms with Crippen molar-refractivity contribution in [1.82, 2.24) is 20.4 Å². The first-order valence-corrected chi connectivity index (χ1v) is 12.3. The number of hydrogen-bond donors (Lipinski definition) is 3. The zero-order chi connectivity index (χ0) is 24.6. The average molecular weight is 486 g/mol. The molecule has 1 aromatic carbocycles. The third-order valence-corrected chi connectivity index (χ3v) is 6.02. The summed E-state index contributed by atoms with van der Waals surface area (Å²) >= 11 is 0. The first-order valence-electron chi connectivity index (χ1n) is 12.3. The molecule has 2 aliphatic heterocycles. The molecule has 3 heterocycles. The Morgan fingerprint density at radius 3 is 2.74 bits per heavy atom. The number of alkyl carbamates (subject to hydrolysis) is 1. The monoisotopic (exact) mass is 485 g/mol. The van der Waals surface area contributed by atoms with Crippen LogP contribution in [0.1, 0.15) is 50.5 Å². The molecule has 0 aliphatic carbocycles. The summed E-state index contributed by atoms with van der Waals surface area (Å²) in [6, 6.07) is 9.37. The van der Waals surface area contributed by atoms with Gasteiger partial charge in [0.15, 0.2) is 5.82 Å². The van der Waals surface area contributed by atoms with Crippen LogP contribution in [0.3, 0.4) is 0 Å². The maximum absolute atomic E-state index is 12.5. The van der Waals surface area contributed by atoms with Crippen molar-refractivity contribution in [2.45, 2.75) is 57.8 Å². The summed E-state index contributed by atoms with van der Waals surface area (Å²) in [5.41, 5.74) is 1.62. The van der Waals surface area contributed by atoms with Gasteiger partial charge in [-0.1, -0.05) is 12.1 Å². The van der Waals surface area contributed by atoms with Gasteiger partial charge < -0.3 is 24.8 Å². The molecule has 0 bridgehead atoms. The Morgan fingerprint density at radius 2 is 2.00 bits per heavy atom. The second-order valence-electron chi connectivity index (χ2n) is 9.36. The summed E-state index contributed by atoms with van der Waals surface area (Å²) in [7, 11) is 0. The fraction of sp³-hybridized carbons (Fsp3) is 0.560. The van der Waals surface area contributed by atoms with E-state index >= 15 is 0 Å². The van der Waals surface area contributed by atoms with Crippen LogP contribution in [0.5, 0.6) is 5.75 Å². The number of hydrogen-bond acceptors (Lipinski definition) is 7. The lowest BCUT2D eigenvalue weighted by atomic mass is 10.1. The maximum atomic E-state index is 12.5. The van der Waals surface area contributed by atoms with Crippen molar-refractivity contribution >= 4 is 17.8 Å². The molecule has 0 saturated carbocycles. The number of anilines is 1. The molecule has 35 heavy (non-hydrogen) atoms. The van der Waals surface area contributed by atoms with Crippen molar-refractivity contribution in [3.8, 4) is 5.75 Å². The molecule has 10 heteroatoms. The van der Waals surface area contributed by atoms with Gasteiger partial charge in [0, 0.05) is 25.1 Å². The van der Waals surface area contributed by atoms with Gasteiger partial charge in [-0.15, -0.1) is 0 Å². The molecular formula is C25H35N5O5. The number of nitrogens with one attached hydrogen (secondary N) is 3. The number of benzene rings is 1. The van der Waals surface area contributed by atoms with Crippen LogP contribution in [0.4, 0.5) is 10.6 Å². The minimum atomic E-state index is -0.450. The molecule has 4 rings (SSSR count). The van der Waals surface area contributed by atoms with E-state index in [4.69, 9.17) is 14.2 Å². The standard InChI is InChI=1S/C25H35N5O5/c1-17(2)26-25(32)35-20-14-22(34-16-20)21-15-23(29-28-21)27-24(31)13-18-5-7-19(8-6-18)33-12-11-30-9-3-4-10-30/h5-8,15,17,20,22H,3-4,9-14,16H2,1-2H3,(H,26,32)(H2,27,28,29,31)/t20-,22-/m1/s1. The second-order valence-corrected chi connectivity index (χ2v) is 9.36. The van der Waals surface area contributed by atoms with Crippen LogP contribution in [-0.2, 0) is 20.7 Å². The van der Waals surface area contributed by atoms with Crippen LogP contribution < -0.4 is 15.4 Å². The fourth-order valence-corrected chi connectivity index (χ4v) is 4.26. The molecular weight excluding hydrogens is 450 g/mol. The molecule has 0 unspecified atom stereocenters. The van der Waals surface area contributed by atoms with Crippen LogP contribution in [0.15, 0.2) is 30.3 Å². The lowest BCUT2D eigenvalue weighted by molar-refractivity contribution is -0.115. The van der Waals surface area contributed by atoms with E-state index in [0.717, 1.165) is 36.6 Å². The van der Waals surface area contributed by atoms with Gasteiger partial charge in [-0.05, 0) is 57.5 Å². The Morgan fingerprint density at radius 1 is 1.23 bits per heavy atom. The zero-order valence-corrected chi connectivity index (χ0v) is 20.4. The van der Waals surface area contributed by atoms with E-state index in [1.807, 2.05) is 38.1 Å². The molecule has 2 saturated heterocycles.